The average molecular weight is 245 g/mol. The highest BCUT2D eigenvalue weighted by atomic mass is 14.6. The summed E-state index contributed by atoms with van der Waals surface area (Å²) in [5.41, 5.74) is 6.31. The Morgan fingerprint density at radius 1 is 0.684 bits per heavy atom. The lowest BCUT2D eigenvalue weighted by molar-refractivity contribution is 1.33. The second-order valence-corrected chi connectivity index (χ2v) is 4.60. The number of nitrogens with zero attached hydrogens (tertiary/aromatic N) is 1. The zero-order chi connectivity index (χ0) is 13.1. The Balaban J connectivity index is 2.25. The van der Waals surface area contributed by atoms with E-state index in [-0.39, 0.29) is 0 Å². The summed E-state index contributed by atoms with van der Waals surface area (Å²) in [6.45, 7) is 2.16. The number of hydrogen-bond donors (Lipinski definition) is 0. The molecule has 0 amide bonds. The third-order valence-corrected chi connectivity index (χ3v) is 3.33. The second kappa shape index (κ2) is 5.07. The molecule has 19 heavy (non-hydrogen) atoms. The van der Waals surface area contributed by atoms with Gasteiger partial charge in [0.25, 0.3) is 0 Å². The quantitative estimate of drug-likeness (QED) is 0.636. The van der Waals surface area contributed by atoms with E-state index in [9.17, 15) is 0 Å². The molecule has 1 aromatic heterocycles. The molecule has 0 aliphatic carbocycles. The van der Waals surface area contributed by atoms with Crippen LogP contribution in [-0.2, 0) is 0 Å². The van der Waals surface area contributed by atoms with E-state index >= 15 is 0 Å². The maximum absolute atomic E-state index is 4.10. The minimum absolute atomic E-state index is 1.21. The summed E-state index contributed by atoms with van der Waals surface area (Å²) in [6, 6.07) is 21.1. The van der Waals surface area contributed by atoms with Gasteiger partial charge in [0.15, 0.2) is 0 Å². The van der Waals surface area contributed by atoms with Crippen LogP contribution in [0.15, 0.2) is 73.1 Å². The minimum atomic E-state index is 1.21. The minimum Gasteiger partial charge on any atom is -0.265 e. The molecule has 0 saturated heterocycles. The van der Waals surface area contributed by atoms with E-state index in [1.54, 1.807) is 0 Å². The Labute approximate surface area is 113 Å². The summed E-state index contributed by atoms with van der Waals surface area (Å²) >= 11 is 0. The van der Waals surface area contributed by atoms with Gasteiger partial charge in [0.2, 0.25) is 0 Å². The number of benzene rings is 2. The smallest absolute Gasteiger partial charge is 0.0273 e. The van der Waals surface area contributed by atoms with Crippen LogP contribution in [0.3, 0.4) is 0 Å². The highest BCUT2D eigenvalue weighted by molar-refractivity contribution is 5.85. The molecule has 3 aromatic rings. The van der Waals surface area contributed by atoms with Gasteiger partial charge in [-0.1, -0.05) is 48.5 Å². The van der Waals surface area contributed by atoms with E-state index in [1.165, 1.54) is 27.8 Å². The number of rotatable bonds is 2. The first-order chi connectivity index (χ1) is 9.36. The van der Waals surface area contributed by atoms with Gasteiger partial charge in [0.1, 0.15) is 0 Å². The highest BCUT2D eigenvalue weighted by Gasteiger charge is 2.09. The lowest BCUT2D eigenvalue weighted by Gasteiger charge is -2.13. The van der Waals surface area contributed by atoms with Crippen LogP contribution >= 0.6 is 0 Å². The van der Waals surface area contributed by atoms with Crippen molar-refractivity contribution in [3.63, 3.8) is 0 Å². The maximum Gasteiger partial charge on any atom is 0.0273 e. The Morgan fingerprint density at radius 3 is 2.16 bits per heavy atom. The molecule has 3 rings (SSSR count). The van der Waals surface area contributed by atoms with E-state index in [4.69, 9.17) is 0 Å². The summed E-state index contributed by atoms with van der Waals surface area (Å²) in [4.78, 5) is 4.10. The molecule has 1 heterocycles. The molecule has 0 aliphatic rings. The Kier molecular flexibility index (Phi) is 3.11. The lowest BCUT2D eigenvalue weighted by atomic mass is 9.91. The Hall–Kier alpha value is -2.41. The van der Waals surface area contributed by atoms with Crippen molar-refractivity contribution in [1.29, 1.82) is 0 Å². The van der Waals surface area contributed by atoms with E-state index < -0.39 is 0 Å². The second-order valence-electron chi connectivity index (χ2n) is 4.60. The van der Waals surface area contributed by atoms with Gasteiger partial charge in [0.05, 0.1) is 0 Å². The molecule has 0 spiro atoms. The fourth-order valence-electron chi connectivity index (χ4n) is 2.43. The first kappa shape index (κ1) is 11.7. The third kappa shape index (κ3) is 2.27. The van der Waals surface area contributed by atoms with E-state index in [0.29, 0.717) is 0 Å². The summed E-state index contributed by atoms with van der Waals surface area (Å²) < 4.78 is 0. The fraction of sp³-hybridized carbons (Fsp3) is 0.0556. The van der Waals surface area contributed by atoms with Gasteiger partial charge in [0, 0.05) is 12.4 Å². The maximum atomic E-state index is 4.10. The molecule has 0 fully saturated rings. The first-order valence-electron chi connectivity index (χ1n) is 6.42. The molecular weight excluding hydrogens is 230 g/mol. The SMILES string of the molecule is Cc1cccc(-c2ccncc2)c1-c1ccccc1. The van der Waals surface area contributed by atoms with Crippen LogP contribution < -0.4 is 0 Å². The lowest BCUT2D eigenvalue weighted by Crippen LogP contribution is -1.89. The monoisotopic (exact) mass is 245 g/mol. The van der Waals surface area contributed by atoms with E-state index in [1.807, 2.05) is 18.5 Å². The van der Waals surface area contributed by atoms with Gasteiger partial charge < -0.3 is 0 Å². The first-order valence-corrected chi connectivity index (χ1v) is 6.42. The predicted octanol–water partition coefficient (Wildman–Crippen LogP) is 4.72. The molecule has 0 saturated carbocycles. The molecule has 92 valence electrons. The van der Waals surface area contributed by atoms with Crippen LogP contribution in [0.4, 0.5) is 0 Å². The molecule has 0 radical (unpaired) electrons. The van der Waals surface area contributed by atoms with Crippen molar-refractivity contribution < 1.29 is 0 Å². The van der Waals surface area contributed by atoms with Gasteiger partial charge in [-0.25, -0.2) is 0 Å². The summed E-state index contributed by atoms with van der Waals surface area (Å²) in [7, 11) is 0. The average Bonchev–Trinajstić information content (AvgIpc) is 2.49. The zero-order valence-corrected chi connectivity index (χ0v) is 10.9. The van der Waals surface area contributed by atoms with Crippen LogP contribution in [0.25, 0.3) is 22.3 Å². The van der Waals surface area contributed by atoms with Crippen molar-refractivity contribution >= 4 is 0 Å². The summed E-state index contributed by atoms with van der Waals surface area (Å²) in [5, 5.41) is 0. The molecule has 0 atom stereocenters. The number of hydrogen-bond acceptors (Lipinski definition) is 1. The molecule has 0 unspecified atom stereocenters. The fourth-order valence-corrected chi connectivity index (χ4v) is 2.43. The van der Waals surface area contributed by atoms with Gasteiger partial charge in [-0.15, -0.1) is 0 Å². The normalized spacial score (nSPS) is 10.4. The van der Waals surface area contributed by atoms with Crippen LogP contribution in [0.2, 0.25) is 0 Å². The van der Waals surface area contributed by atoms with Gasteiger partial charge in [-0.3, -0.25) is 4.98 Å². The van der Waals surface area contributed by atoms with Gasteiger partial charge in [-0.05, 0) is 46.9 Å². The van der Waals surface area contributed by atoms with Crippen molar-refractivity contribution in [1.82, 2.24) is 4.98 Å². The molecule has 1 heteroatoms. The van der Waals surface area contributed by atoms with E-state index in [2.05, 4.69) is 66.5 Å². The summed E-state index contributed by atoms with van der Waals surface area (Å²) in [6.07, 6.45) is 3.68. The predicted molar refractivity (Wildman–Crippen MR) is 79.8 cm³/mol. The topological polar surface area (TPSA) is 12.9 Å². The zero-order valence-electron chi connectivity index (χ0n) is 10.9. The van der Waals surface area contributed by atoms with Crippen molar-refractivity contribution in [2.45, 2.75) is 6.92 Å². The largest absolute Gasteiger partial charge is 0.265 e. The van der Waals surface area contributed by atoms with Crippen LogP contribution in [0.1, 0.15) is 5.56 Å². The van der Waals surface area contributed by atoms with Gasteiger partial charge >= 0.3 is 0 Å². The Bertz CT molecular complexity index is 673. The molecule has 0 bridgehead atoms. The van der Waals surface area contributed by atoms with E-state index in [0.717, 1.165) is 0 Å². The highest BCUT2D eigenvalue weighted by Crippen LogP contribution is 2.34. The summed E-state index contributed by atoms with van der Waals surface area (Å²) in [5.74, 6) is 0. The van der Waals surface area contributed by atoms with Crippen molar-refractivity contribution in [2.75, 3.05) is 0 Å². The molecular formula is C18H15N. The van der Waals surface area contributed by atoms with Crippen molar-refractivity contribution in [3.8, 4) is 22.3 Å². The number of pyridine rings is 1. The van der Waals surface area contributed by atoms with Crippen LogP contribution in [-0.4, -0.2) is 4.98 Å². The standard InChI is InChI=1S/C18H15N/c1-14-6-5-9-17(15-10-12-19-13-11-15)18(14)16-7-3-2-4-8-16/h2-13H,1H3. The molecule has 0 N–H and O–H groups in total. The molecule has 1 nitrogen and oxygen atoms in total. The molecule has 2 aromatic carbocycles. The number of aryl methyl sites for hydroxylation is 1. The van der Waals surface area contributed by atoms with Crippen LogP contribution in [0.5, 0.6) is 0 Å². The van der Waals surface area contributed by atoms with Crippen molar-refractivity contribution in [3.05, 3.63) is 78.6 Å². The van der Waals surface area contributed by atoms with Crippen LogP contribution in [0, 0.1) is 6.92 Å². The Morgan fingerprint density at radius 2 is 1.42 bits per heavy atom. The molecule has 0 aliphatic heterocycles. The van der Waals surface area contributed by atoms with Gasteiger partial charge in [-0.2, -0.15) is 0 Å². The number of aromatic nitrogens is 1. The van der Waals surface area contributed by atoms with Crippen molar-refractivity contribution in [2.24, 2.45) is 0 Å². The third-order valence-electron chi connectivity index (χ3n) is 3.33.